The van der Waals surface area contributed by atoms with E-state index in [0.717, 1.165) is 18.6 Å². The zero-order chi connectivity index (χ0) is 17.7. The maximum atomic E-state index is 11.7. The van der Waals surface area contributed by atoms with Gasteiger partial charge < -0.3 is 13.9 Å². The number of ether oxygens (including phenoxy) is 2. The lowest BCUT2D eigenvalue weighted by Crippen LogP contribution is -2.08. The van der Waals surface area contributed by atoms with Crippen LogP contribution in [0.3, 0.4) is 0 Å². The molecule has 0 N–H and O–H groups in total. The smallest absolute Gasteiger partial charge is 0.336 e. The minimum absolute atomic E-state index is 0.0658. The Kier molecular flexibility index (Phi) is 5.31. The van der Waals surface area contributed by atoms with E-state index in [2.05, 4.69) is 13.2 Å². The normalized spacial score (nSPS) is 10.2. The number of aryl methyl sites for hydroxylation is 1. The number of carbonyl (C=O) groups is 2. The predicted molar refractivity (Wildman–Crippen MR) is 88.1 cm³/mol. The van der Waals surface area contributed by atoms with Crippen LogP contribution in [0.4, 0.5) is 0 Å². The molecule has 0 aliphatic carbocycles. The molecule has 124 valence electrons. The summed E-state index contributed by atoms with van der Waals surface area (Å²) in [6.07, 6.45) is 3.36. The second kappa shape index (κ2) is 7.41. The van der Waals surface area contributed by atoms with Gasteiger partial charge in [-0.2, -0.15) is 0 Å². The summed E-state index contributed by atoms with van der Waals surface area (Å²) in [7, 11) is 0. The lowest BCUT2D eigenvalue weighted by Gasteiger charge is -2.11. The second-order valence-electron chi connectivity index (χ2n) is 4.89. The maximum Gasteiger partial charge on any atom is 0.336 e. The Hall–Kier alpha value is -3.15. The first-order chi connectivity index (χ1) is 11.5. The van der Waals surface area contributed by atoms with E-state index in [0.29, 0.717) is 17.4 Å². The molecule has 0 unspecified atom stereocenters. The number of carbonyl (C=O) groups excluding carboxylic acids is 2. The third-order valence-electron chi connectivity index (χ3n) is 3.14. The van der Waals surface area contributed by atoms with Crippen molar-refractivity contribution in [3.05, 3.63) is 59.5 Å². The lowest BCUT2D eigenvalue weighted by molar-refractivity contribution is -0.129. The largest absolute Gasteiger partial charge is 0.423 e. The third kappa shape index (κ3) is 3.78. The monoisotopic (exact) mass is 328 g/mol. The molecule has 0 bridgehead atoms. The quantitative estimate of drug-likeness (QED) is 0.351. The Bertz CT molecular complexity index is 875. The molecule has 2 rings (SSSR count). The van der Waals surface area contributed by atoms with Crippen molar-refractivity contribution in [1.82, 2.24) is 0 Å². The SMILES string of the molecule is C=CC(=O)Oc1cc(OC(=O)C=C)c2c(CCC)cc(=O)oc2c1. The molecule has 1 aromatic heterocycles. The maximum absolute atomic E-state index is 11.7. The Labute approximate surface area is 138 Å². The first-order valence-corrected chi connectivity index (χ1v) is 7.27. The zero-order valence-corrected chi connectivity index (χ0v) is 13.2. The molecule has 24 heavy (non-hydrogen) atoms. The minimum Gasteiger partial charge on any atom is -0.423 e. The fraction of sp³-hybridized carbons (Fsp3) is 0.167. The number of hydrogen-bond acceptors (Lipinski definition) is 6. The van der Waals surface area contributed by atoms with Gasteiger partial charge in [0.1, 0.15) is 17.1 Å². The van der Waals surface area contributed by atoms with Gasteiger partial charge in [0.05, 0.1) is 5.39 Å². The van der Waals surface area contributed by atoms with E-state index in [4.69, 9.17) is 13.9 Å². The number of fused-ring (bicyclic) bond motifs is 1. The Morgan fingerprint density at radius 2 is 1.79 bits per heavy atom. The molecule has 1 heterocycles. The molecule has 0 aliphatic rings. The molecule has 0 atom stereocenters. The van der Waals surface area contributed by atoms with Gasteiger partial charge in [-0.15, -0.1) is 0 Å². The Morgan fingerprint density at radius 3 is 2.42 bits per heavy atom. The van der Waals surface area contributed by atoms with Crippen LogP contribution in [0.25, 0.3) is 11.0 Å². The van der Waals surface area contributed by atoms with Crippen LogP contribution in [0.15, 0.2) is 52.7 Å². The first-order valence-electron chi connectivity index (χ1n) is 7.27. The third-order valence-corrected chi connectivity index (χ3v) is 3.14. The van der Waals surface area contributed by atoms with E-state index in [1.165, 1.54) is 18.2 Å². The fourth-order valence-corrected chi connectivity index (χ4v) is 2.23. The topological polar surface area (TPSA) is 82.8 Å². The summed E-state index contributed by atoms with van der Waals surface area (Å²) in [6.45, 7) is 8.61. The molecular formula is C18H16O6. The molecule has 0 saturated carbocycles. The van der Waals surface area contributed by atoms with Crippen molar-refractivity contribution in [2.24, 2.45) is 0 Å². The van der Waals surface area contributed by atoms with Gasteiger partial charge in [-0.1, -0.05) is 26.5 Å². The van der Waals surface area contributed by atoms with Crippen molar-refractivity contribution in [1.29, 1.82) is 0 Å². The molecule has 0 spiro atoms. The summed E-state index contributed by atoms with van der Waals surface area (Å²) in [6, 6.07) is 4.12. The highest BCUT2D eigenvalue weighted by Gasteiger charge is 2.16. The summed E-state index contributed by atoms with van der Waals surface area (Å²) in [4.78, 5) is 34.7. The van der Waals surface area contributed by atoms with Crippen LogP contribution in [-0.2, 0) is 16.0 Å². The minimum atomic E-state index is -0.692. The standard InChI is InChI=1S/C18H16O6/c1-4-7-11-8-17(21)24-14-10-12(22-15(19)5-2)9-13(18(11)14)23-16(20)6-3/h5-6,8-10H,2-4,7H2,1H3. The van der Waals surface area contributed by atoms with Gasteiger partial charge in [0.25, 0.3) is 0 Å². The van der Waals surface area contributed by atoms with Crippen LogP contribution in [0, 0.1) is 0 Å². The number of rotatable bonds is 6. The van der Waals surface area contributed by atoms with Crippen LogP contribution >= 0.6 is 0 Å². The van der Waals surface area contributed by atoms with Crippen LogP contribution < -0.4 is 15.1 Å². The molecule has 0 saturated heterocycles. The average Bonchev–Trinajstić information content (AvgIpc) is 2.54. The predicted octanol–water partition coefficient (Wildman–Crippen LogP) is 2.93. The van der Waals surface area contributed by atoms with E-state index in [9.17, 15) is 14.4 Å². The molecule has 0 radical (unpaired) electrons. The van der Waals surface area contributed by atoms with E-state index < -0.39 is 17.6 Å². The highest BCUT2D eigenvalue weighted by molar-refractivity contribution is 5.93. The van der Waals surface area contributed by atoms with Gasteiger partial charge in [-0.25, -0.2) is 14.4 Å². The summed E-state index contributed by atoms with van der Waals surface area (Å²) in [5.74, 6) is -1.19. The van der Waals surface area contributed by atoms with Crippen molar-refractivity contribution in [3.8, 4) is 11.5 Å². The zero-order valence-electron chi connectivity index (χ0n) is 13.2. The van der Waals surface area contributed by atoms with E-state index >= 15 is 0 Å². The molecule has 1 aromatic carbocycles. The summed E-state index contributed by atoms with van der Waals surface area (Å²) < 4.78 is 15.4. The van der Waals surface area contributed by atoms with Gasteiger partial charge in [0, 0.05) is 30.4 Å². The highest BCUT2D eigenvalue weighted by Crippen LogP contribution is 2.34. The van der Waals surface area contributed by atoms with E-state index in [1.807, 2.05) is 6.92 Å². The van der Waals surface area contributed by atoms with Crippen molar-refractivity contribution < 1.29 is 23.5 Å². The van der Waals surface area contributed by atoms with Crippen molar-refractivity contribution in [2.45, 2.75) is 19.8 Å². The molecule has 0 aliphatic heterocycles. The number of benzene rings is 1. The Balaban J connectivity index is 2.71. The number of hydrogen-bond donors (Lipinski definition) is 0. The molecule has 2 aromatic rings. The van der Waals surface area contributed by atoms with Gasteiger partial charge in [-0.05, 0) is 12.0 Å². The molecule has 6 nitrogen and oxygen atoms in total. The highest BCUT2D eigenvalue weighted by atomic mass is 16.5. The van der Waals surface area contributed by atoms with Crippen LogP contribution in [0.1, 0.15) is 18.9 Å². The summed E-state index contributed by atoms with van der Waals surface area (Å²) in [5, 5.41) is 0.477. The van der Waals surface area contributed by atoms with Crippen LogP contribution in [-0.4, -0.2) is 11.9 Å². The average molecular weight is 328 g/mol. The van der Waals surface area contributed by atoms with E-state index in [-0.39, 0.29) is 17.1 Å². The van der Waals surface area contributed by atoms with Gasteiger partial charge >= 0.3 is 17.6 Å². The van der Waals surface area contributed by atoms with Crippen molar-refractivity contribution in [2.75, 3.05) is 0 Å². The van der Waals surface area contributed by atoms with E-state index in [1.54, 1.807) is 0 Å². The van der Waals surface area contributed by atoms with Gasteiger partial charge in [0.15, 0.2) is 0 Å². The first kappa shape index (κ1) is 17.2. The van der Waals surface area contributed by atoms with Crippen molar-refractivity contribution >= 4 is 22.9 Å². The second-order valence-corrected chi connectivity index (χ2v) is 4.89. The molecule has 0 amide bonds. The van der Waals surface area contributed by atoms with Crippen LogP contribution in [0.2, 0.25) is 0 Å². The summed E-state index contributed by atoms with van der Waals surface area (Å²) in [5.41, 5.74) is 0.295. The van der Waals surface area contributed by atoms with Crippen molar-refractivity contribution in [3.63, 3.8) is 0 Å². The van der Waals surface area contributed by atoms with Gasteiger partial charge in [-0.3, -0.25) is 0 Å². The lowest BCUT2D eigenvalue weighted by atomic mass is 10.0. The summed E-state index contributed by atoms with van der Waals surface area (Å²) >= 11 is 0. The molecule has 6 heteroatoms. The Morgan fingerprint density at radius 1 is 1.12 bits per heavy atom. The molecular weight excluding hydrogens is 312 g/mol. The molecule has 0 fully saturated rings. The van der Waals surface area contributed by atoms with Gasteiger partial charge in [0.2, 0.25) is 0 Å². The number of esters is 2. The van der Waals surface area contributed by atoms with Crippen LogP contribution in [0.5, 0.6) is 11.5 Å². The fourth-order valence-electron chi connectivity index (χ4n) is 2.23.